The molecule has 0 bridgehead atoms. The smallest absolute Gasteiger partial charge is 0.412 e. The molecule has 0 unspecified atom stereocenters. The number of hydrogen-bond acceptors (Lipinski definition) is 4. The van der Waals surface area contributed by atoms with Crippen LogP contribution in [0.1, 0.15) is 40.5 Å². The van der Waals surface area contributed by atoms with E-state index in [0.717, 1.165) is 12.8 Å². The predicted octanol–water partition coefficient (Wildman–Crippen LogP) is 2.15. The Balaban J connectivity index is 2.36. The van der Waals surface area contributed by atoms with Crippen LogP contribution in [0.4, 0.5) is 4.79 Å². The second-order valence-electron chi connectivity index (χ2n) is 5.20. The van der Waals surface area contributed by atoms with E-state index in [4.69, 9.17) is 9.47 Å². The molecule has 0 spiro atoms. The number of rotatable bonds is 4. The van der Waals surface area contributed by atoms with Gasteiger partial charge in [0.05, 0.1) is 5.92 Å². The van der Waals surface area contributed by atoms with Crippen LogP contribution < -0.4 is 0 Å². The van der Waals surface area contributed by atoms with Gasteiger partial charge in [-0.15, -0.1) is 0 Å². The Hall–Kier alpha value is -1.26. The topological polar surface area (TPSA) is 55.8 Å². The fourth-order valence-corrected chi connectivity index (χ4v) is 1.18. The first-order valence-corrected chi connectivity index (χ1v) is 5.98. The highest BCUT2D eigenvalue weighted by Gasteiger charge is 2.32. The molecule has 5 nitrogen and oxygen atoms in total. The highest BCUT2D eigenvalue weighted by Crippen LogP contribution is 2.30. The van der Waals surface area contributed by atoms with Crippen molar-refractivity contribution in [2.24, 2.45) is 5.92 Å². The molecule has 5 heteroatoms. The van der Waals surface area contributed by atoms with Gasteiger partial charge in [-0.3, -0.25) is 9.69 Å². The van der Waals surface area contributed by atoms with Crippen LogP contribution in [0, 0.1) is 5.92 Å². The van der Waals surface area contributed by atoms with Crippen LogP contribution in [0.5, 0.6) is 0 Å². The van der Waals surface area contributed by atoms with Crippen LogP contribution in [0.25, 0.3) is 0 Å². The summed E-state index contributed by atoms with van der Waals surface area (Å²) in [4.78, 5) is 24.4. The second-order valence-corrected chi connectivity index (χ2v) is 5.20. The van der Waals surface area contributed by atoms with Crippen LogP contribution in [-0.4, -0.2) is 35.8 Å². The van der Waals surface area contributed by atoms with Crippen molar-refractivity contribution in [3.63, 3.8) is 0 Å². The quantitative estimate of drug-likeness (QED) is 0.561. The van der Waals surface area contributed by atoms with E-state index in [-0.39, 0.29) is 18.6 Å². The molecule has 0 aromatic rings. The van der Waals surface area contributed by atoms with Gasteiger partial charge in [0.25, 0.3) is 0 Å². The molecule has 0 saturated heterocycles. The summed E-state index contributed by atoms with van der Waals surface area (Å²) in [5, 5.41) is 0. The molecular weight excluding hydrogens is 222 g/mol. The average Bonchev–Trinajstić information content (AvgIpc) is 2.98. The molecule has 1 aliphatic rings. The molecule has 98 valence electrons. The molecule has 1 rings (SSSR count). The normalized spacial score (nSPS) is 15.3. The van der Waals surface area contributed by atoms with Crippen molar-refractivity contribution < 1.29 is 19.1 Å². The molecule has 0 aromatic carbocycles. The molecule has 0 aromatic heterocycles. The van der Waals surface area contributed by atoms with Crippen molar-refractivity contribution in [1.29, 1.82) is 0 Å². The summed E-state index contributed by atoms with van der Waals surface area (Å²) in [6, 6.07) is 0. The third-order valence-corrected chi connectivity index (χ3v) is 2.31. The molecule has 1 aliphatic carbocycles. The van der Waals surface area contributed by atoms with E-state index in [9.17, 15) is 9.59 Å². The zero-order chi connectivity index (χ0) is 13.1. The molecule has 0 aliphatic heterocycles. The van der Waals surface area contributed by atoms with Crippen LogP contribution in [0.3, 0.4) is 0 Å². The molecule has 0 N–H and O–H groups in total. The molecule has 0 heterocycles. The van der Waals surface area contributed by atoms with Crippen molar-refractivity contribution >= 4 is 12.1 Å². The van der Waals surface area contributed by atoms with Gasteiger partial charge in [0, 0.05) is 6.54 Å². The van der Waals surface area contributed by atoms with Crippen molar-refractivity contribution in [2.45, 2.75) is 46.1 Å². The Labute approximate surface area is 102 Å². The second kappa shape index (κ2) is 5.38. The third kappa shape index (κ3) is 5.06. The summed E-state index contributed by atoms with van der Waals surface area (Å²) in [5.41, 5.74) is -0.537. The standard InChI is InChI=1S/C12H21NO4/c1-5-13(11(15)17-12(2,3)4)8-16-10(14)9-6-7-9/h9H,5-8H2,1-4H3. The number of carbonyl (C=O) groups excluding carboxylic acids is 2. The largest absolute Gasteiger partial charge is 0.444 e. The number of nitrogens with zero attached hydrogens (tertiary/aromatic N) is 1. The summed E-state index contributed by atoms with van der Waals surface area (Å²) in [7, 11) is 0. The van der Waals surface area contributed by atoms with Gasteiger partial charge in [0.2, 0.25) is 0 Å². The van der Waals surface area contributed by atoms with Gasteiger partial charge in [0.15, 0.2) is 6.73 Å². The minimum absolute atomic E-state index is 0.0270. The van der Waals surface area contributed by atoms with E-state index in [1.54, 1.807) is 20.8 Å². The van der Waals surface area contributed by atoms with E-state index in [2.05, 4.69) is 0 Å². The predicted molar refractivity (Wildman–Crippen MR) is 62.3 cm³/mol. The monoisotopic (exact) mass is 243 g/mol. The van der Waals surface area contributed by atoms with Crippen molar-refractivity contribution in [3.8, 4) is 0 Å². The van der Waals surface area contributed by atoms with E-state index >= 15 is 0 Å². The average molecular weight is 243 g/mol. The van der Waals surface area contributed by atoms with E-state index in [1.165, 1.54) is 4.90 Å². The first-order valence-electron chi connectivity index (χ1n) is 5.98. The number of ether oxygens (including phenoxy) is 2. The van der Waals surface area contributed by atoms with E-state index in [0.29, 0.717) is 6.54 Å². The Morgan fingerprint density at radius 1 is 1.29 bits per heavy atom. The molecule has 0 atom stereocenters. The van der Waals surface area contributed by atoms with Gasteiger partial charge in [-0.25, -0.2) is 4.79 Å². The zero-order valence-electron chi connectivity index (χ0n) is 11.0. The molecule has 1 fully saturated rings. The number of esters is 1. The lowest BCUT2D eigenvalue weighted by atomic mass is 10.2. The van der Waals surface area contributed by atoms with Gasteiger partial charge in [0.1, 0.15) is 5.60 Å². The molecular formula is C12H21NO4. The van der Waals surface area contributed by atoms with Crippen LogP contribution in [0.15, 0.2) is 0 Å². The summed E-state index contributed by atoms with van der Waals surface area (Å²) < 4.78 is 10.2. The Bertz CT molecular complexity index is 291. The maximum Gasteiger partial charge on any atom is 0.412 e. The number of amides is 1. The van der Waals surface area contributed by atoms with Crippen molar-refractivity contribution in [3.05, 3.63) is 0 Å². The zero-order valence-corrected chi connectivity index (χ0v) is 11.0. The molecule has 1 saturated carbocycles. The van der Waals surface area contributed by atoms with Crippen LogP contribution in [-0.2, 0) is 14.3 Å². The summed E-state index contributed by atoms with van der Waals surface area (Å²) in [6.45, 7) is 7.64. The third-order valence-electron chi connectivity index (χ3n) is 2.31. The van der Waals surface area contributed by atoms with Gasteiger partial charge in [-0.2, -0.15) is 0 Å². The van der Waals surface area contributed by atoms with E-state index < -0.39 is 11.7 Å². The van der Waals surface area contributed by atoms with Gasteiger partial charge < -0.3 is 9.47 Å². The molecule has 1 amide bonds. The number of carbonyl (C=O) groups is 2. The highest BCUT2D eigenvalue weighted by atomic mass is 16.6. The fourth-order valence-electron chi connectivity index (χ4n) is 1.18. The fraction of sp³-hybridized carbons (Fsp3) is 0.833. The minimum atomic E-state index is -0.537. The minimum Gasteiger partial charge on any atom is -0.444 e. The van der Waals surface area contributed by atoms with Gasteiger partial charge in [-0.05, 0) is 40.5 Å². The lowest BCUT2D eigenvalue weighted by Crippen LogP contribution is -2.38. The maximum atomic E-state index is 11.7. The summed E-state index contributed by atoms with van der Waals surface area (Å²) >= 11 is 0. The Kier molecular flexibility index (Phi) is 4.37. The van der Waals surface area contributed by atoms with E-state index in [1.807, 2.05) is 6.92 Å². The first kappa shape index (κ1) is 13.8. The van der Waals surface area contributed by atoms with Crippen LogP contribution >= 0.6 is 0 Å². The molecule has 0 radical (unpaired) electrons. The SMILES string of the molecule is CCN(COC(=O)C1CC1)C(=O)OC(C)(C)C. The van der Waals surface area contributed by atoms with Gasteiger partial charge in [-0.1, -0.05) is 0 Å². The molecule has 17 heavy (non-hydrogen) atoms. The summed E-state index contributed by atoms with van der Waals surface area (Å²) in [5.74, 6) is -0.167. The lowest BCUT2D eigenvalue weighted by molar-refractivity contribution is -0.149. The summed E-state index contributed by atoms with van der Waals surface area (Å²) in [6.07, 6.45) is 1.35. The van der Waals surface area contributed by atoms with Crippen LogP contribution in [0.2, 0.25) is 0 Å². The number of hydrogen-bond donors (Lipinski definition) is 0. The van der Waals surface area contributed by atoms with Crippen molar-refractivity contribution in [1.82, 2.24) is 4.90 Å². The highest BCUT2D eigenvalue weighted by molar-refractivity contribution is 5.75. The van der Waals surface area contributed by atoms with Crippen molar-refractivity contribution in [2.75, 3.05) is 13.3 Å². The first-order chi connectivity index (χ1) is 7.83. The lowest BCUT2D eigenvalue weighted by Gasteiger charge is -2.26. The van der Waals surface area contributed by atoms with Gasteiger partial charge >= 0.3 is 12.1 Å². The maximum absolute atomic E-state index is 11.7. The Morgan fingerprint density at radius 3 is 2.29 bits per heavy atom. The Morgan fingerprint density at radius 2 is 1.88 bits per heavy atom.